The van der Waals surface area contributed by atoms with Crippen LogP contribution in [0, 0.1) is 5.92 Å². The fourth-order valence-electron chi connectivity index (χ4n) is 4.21. The van der Waals surface area contributed by atoms with E-state index in [2.05, 4.69) is 10.2 Å². The Bertz CT molecular complexity index is 672. The van der Waals surface area contributed by atoms with Crippen LogP contribution in [0.2, 0.25) is 0 Å². The second-order valence-corrected chi connectivity index (χ2v) is 7.07. The molecular formula is C16H22N4O6. The summed E-state index contributed by atoms with van der Waals surface area (Å²) in [5.74, 6) is -0.228. The first-order valence-corrected chi connectivity index (χ1v) is 8.78. The molecule has 4 heterocycles. The molecule has 10 nitrogen and oxygen atoms in total. The number of β-lactam (4-membered cyclic amide) rings is 1. The first-order chi connectivity index (χ1) is 12.5. The molecule has 0 saturated carbocycles. The van der Waals surface area contributed by atoms with Gasteiger partial charge in [-0.3, -0.25) is 9.69 Å². The summed E-state index contributed by atoms with van der Waals surface area (Å²) in [6.45, 7) is 3.34. The number of hydrogen-bond acceptors (Lipinski definition) is 7. The van der Waals surface area contributed by atoms with E-state index in [4.69, 9.17) is 14.6 Å². The fourth-order valence-corrected chi connectivity index (χ4v) is 4.21. The number of ether oxygens (including phenoxy) is 2. The van der Waals surface area contributed by atoms with Crippen molar-refractivity contribution in [1.82, 2.24) is 20.0 Å². The maximum absolute atomic E-state index is 12.3. The lowest BCUT2D eigenvalue weighted by Gasteiger charge is -2.48. The number of rotatable bonds is 3. The monoisotopic (exact) mass is 366 g/mol. The molecule has 0 bridgehead atoms. The van der Waals surface area contributed by atoms with Gasteiger partial charge in [0.05, 0.1) is 6.04 Å². The zero-order chi connectivity index (χ0) is 18.4. The lowest BCUT2D eigenvalue weighted by atomic mass is 9.79. The number of hydrogen-bond donors (Lipinski definition) is 2. The Morgan fingerprint density at radius 3 is 2.69 bits per heavy atom. The molecule has 3 saturated heterocycles. The van der Waals surface area contributed by atoms with Crippen LogP contribution in [0.15, 0.2) is 11.5 Å². The highest BCUT2D eigenvalue weighted by Crippen LogP contribution is 2.46. The van der Waals surface area contributed by atoms with E-state index < -0.39 is 12.2 Å². The Morgan fingerprint density at radius 2 is 2.00 bits per heavy atom. The van der Waals surface area contributed by atoms with Gasteiger partial charge in [-0.1, -0.05) is 0 Å². The average Bonchev–Trinajstić information content (AvgIpc) is 2.91. The van der Waals surface area contributed by atoms with Crippen LogP contribution in [-0.4, -0.2) is 96.4 Å². The highest BCUT2D eigenvalue weighted by molar-refractivity contribution is 5.93. The molecule has 0 aromatic carbocycles. The zero-order valence-corrected chi connectivity index (χ0v) is 14.5. The Morgan fingerprint density at radius 1 is 1.27 bits per heavy atom. The third-order valence-corrected chi connectivity index (χ3v) is 5.61. The minimum Gasteiger partial charge on any atom is -0.449 e. The average molecular weight is 366 g/mol. The van der Waals surface area contributed by atoms with E-state index in [-0.39, 0.29) is 36.4 Å². The third-order valence-electron chi connectivity index (χ3n) is 5.61. The molecule has 4 aliphatic heterocycles. The summed E-state index contributed by atoms with van der Waals surface area (Å²) in [5, 5.41) is 12.2. The minimum absolute atomic E-state index is 0.0172. The van der Waals surface area contributed by atoms with E-state index in [0.717, 1.165) is 19.5 Å². The number of carbonyl (C=O) groups is 3. The highest BCUT2D eigenvalue weighted by atomic mass is 16.7. The van der Waals surface area contributed by atoms with Crippen LogP contribution < -0.4 is 5.32 Å². The zero-order valence-electron chi connectivity index (χ0n) is 14.5. The molecule has 3 atom stereocenters. The first-order valence-electron chi connectivity index (χ1n) is 8.78. The van der Waals surface area contributed by atoms with Crippen molar-refractivity contribution in [2.75, 3.05) is 46.4 Å². The van der Waals surface area contributed by atoms with E-state index in [1.165, 1.54) is 4.90 Å². The molecule has 1 unspecified atom stereocenters. The van der Waals surface area contributed by atoms with Gasteiger partial charge < -0.3 is 29.7 Å². The van der Waals surface area contributed by atoms with E-state index in [9.17, 15) is 14.4 Å². The summed E-state index contributed by atoms with van der Waals surface area (Å²) in [4.78, 5) is 40.8. The van der Waals surface area contributed by atoms with Crippen LogP contribution in [0.1, 0.15) is 6.42 Å². The van der Waals surface area contributed by atoms with E-state index >= 15 is 0 Å². The Labute approximate surface area is 150 Å². The van der Waals surface area contributed by atoms with Gasteiger partial charge in [-0.25, -0.2) is 9.59 Å². The van der Waals surface area contributed by atoms with Crippen LogP contribution in [0.25, 0.3) is 0 Å². The van der Waals surface area contributed by atoms with E-state index in [1.54, 1.807) is 4.90 Å². The van der Waals surface area contributed by atoms with Gasteiger partial charge in [0.1, 0.15) is 12.6 Å². The standard InChI is InChI=1S/C16H22N4O6/c1-18-4-6-19(7-5-18)15(22)25-8-10-9-2-3-17-11-12(9)20(13(11)21)14(10)26-16(23)24/h9,11-12,17H,2-8H2,1H3,(H,23,24)/t9?,11-,12+/m0/s1. The van der Waals surface area contributed by atoms with Gasteiger partial charge in [0.15, 0.2) is 0 Å². The molecule has 2 N–H and O–H groups in total. The molecule has 0 aliphatic carbocycles. The van der Waals surface area contributed by atoms with Gasteiger partial charge in [0, 0.05) is 37.7 Å². The first kappa shape index (κ1) is 17.1. The number of nitrogens with zero attached hydrogens (tertiary/aromatic N) is 3. The van der Waals surface area contributed by atoms with Crippen LogP contribution in [0.3, 0.4) is 0 Å². The third kappa shape index (κ3) is 2.69. The predicted octanol–water partition coefficient (Wildman–Crippen LogP) is -0.521. The van der Waals surface area contributed by atoms with Crippen LogP contribution in [0.4, 0.5) is 9.59 Å². The molecule has 2 amide bonds. The Kier molecular flexibility index (Phi) is 4.23. The number of piperazine rings is 1. The number of carbonyl (C=O) groups excluding carboxylic acids is 2. The van der Waals surface area contributed by atoms with Crippen molar-refractivity contribution in [2.45, 2.75) is 18.5 Å². The quantitative estimate of drug-likeness (QED) is 0.507. The molecular weight excluding hydrogens is 344 g/mol. The number of piperidine rings is 1. The Balaban J connectivity index is 1.48. The number of carboxylic acid groups (broad SMARTS) is 1. The number of nitrogens with one attached hydrogen (secondary N) is 1. The highest BCUT2D eigenvalue weighted by Gasteiger charge is 2.61. The molecule has 0 spiro atoms. The van der Waals surface area contributed by atoms with Gasteiger partial charge in [-0.05, 0) is 20.0 Å². The predicted molar refractivity (Wildman–Crippen MR) is 87.1 cm³/mol. The number of likely N-dealkylation sites (N-methyl/N-ethyl adjacent to an activating group) is 1. The van der Waals surface area contributed by atoms with Crippen LogP contribution >= 0.6 is 0 Å². The van der Waals surface area contributed by atoms with Crippen molar-refractivity contribution < 1.29 is 29.0 Å². The fraction of sp³-hybridized carbons (Fsp3) is 0.688. The number of amides is 2. The van der Waals surface area contributed by atoms with Gasteiger partial charge in [0.25, 0.3) is 0 Å². The van der Waals surface area contributed by atoms with Gasteiger partial charge in [0.2, 0.25) is 11.8 Å². The lowest BCUT2D eigenvalue weighted by molar-refractivity contribution is -0.152. The maximum Gasteiger partial charge on any atom is 0.512 e. The molecule has 4 aliphatic rings. The van der Waals surface area contributed by atoms with Crippen molar-refractivity contribution in [3.63, 3.8) is 0 Å². The summed E-state index contributed by atoms with van der Waals surface area (Å²) >= 11 is 0. The summed E-state index contributed by atoms with van der Waals surface area (Å²) in [6, 6.07) is -0.463. The molecule has 3 fully saturated rings. The Hall–Kier alpha value is -2.33. The minimum atomic E-state index is -1.48. The largest absolute Gasteiger partial charge is 0.512 e. The second-order valence-electron chi connectivity index (χ2n) is 7.07. The summed E-state index contributed by atoms with van der Waals surface area (Å²) in [7, 11) is 2.00. The van der Waals surface area contributed by atoms with Crippen molar-refractivity contribution in [2.24, 2.45) is 5.92 Å². The van der Waals surface area contributed by atoms with E-state index in [1.807, 2.05) is 7.05 Å². The molecule has 26 heavy (non-hydrogen) atoms. The van der Waals surface area contributed by atoms with Gasteiger partial charge >= 0.3 is 12.2 Å². The van der Waals surface area contributed by atoms with Gasteiger partial charge in [-0.15, -0.1) is 0 Å². The van der Waals surface area contributed by atoms with Crippen LogP contribution in [0.5, 0.6) is 0 Å². The van der Waals surface area contributed by atoms with Crippen molar-refractivity contribution in [3.8, 4) is 0 Å². The summed E-state index contributed by atoms with van der Waals surface area (Å²) in [5.41, 5.74) is 0.581. The maximum atomic E-state index is 12.3. The van der Waals surface area contributed by atoms with Crippen molar-refractivity contribution in [3.05, 3.63) is 11.5 Å². The molecule has 0 radical (unpaired) electrons. The molecule has 4 rings (SSSR count). The lowest BCUT2D eigenvalue weighted by Crippen LogP contribution is -2.71. The summed E-state index contributed by atoms with van der Waals surface area (Å²) in [6.07, 6.45) is -1.17. The van der Waals surface area contributed by atoms with Crippen molar-refractivity contribution in [1.29, 1.82) is 0 Å². The molecule has 0 aromatic heterocycles. The van der Waals surface area contributed by atoms with Gasteiger partial charge in [-0.2, -0.15) is 0 Å². The summed E-state index contributed by atoms with van der Waals surface area (Å²) < 4.78 is 10.3. The molecule has 10 heteroatoms. The van der Waals surface area contributed by atoms with Crippen molar-refractivity contribution >= 4 is 18.2 Å². The molecule has 142 valence electrons. The second kappa shape index (κ2) is 6.44. The van der Waals surface area contributed by atoms with Crippen LogP contribution in [-0.2, 0) is 14.3 Å². The smallest absolute Gasteiger partial charge is 0.449 e. The van der Waals surface area contributed by atoms with E-state index in [0.29, 0.717) is 25.2 Å². The normalized spacial score (nSPS) is 30.8. The molecule has 0 aromatic rings. The SMILES string of the molecule is CN1CCN(C(=O)OCC2=C(OC(=O)O)N3C(=O)[C@H]4NCCC2[C@H]43)CC1. The topological polar surface area (TPSA) is 112 Å².